The molecule has 5 rings (SSSR count). The highest BCUT2D eigenvalue weighted by molar-refractivity contribution is 7.20. The van der Waals surface area contributed by atoms with Crippen LogP contribution in [-0.2, 0) is 24.1 Å². The predicted octanol–water partition coefficient (Wildman–Crippen LogP) is 2.95. The van der Waals surface area contributed by atoms with E-state index in [2.05, 4.69) is 20.1 Å². The molecule has 1 aliphatic heterocycles. The van der Waals surface area contributed by atoms with Gasteiger partial charge in [0, 0.05) is 37.3 Å². The molecule has 0 amide bonds. The molecule has 0 N–H and O–H groups in total. The van der Waals surface area contributed by atoms with Gasteiger partial charge in [-0.05, 0) is 37.5 Å². The number of aryl methyl sites for hydroxylation is 3. The van der Waals surface area contributed by atoms with E-state index in [0.29, 0.717) is 51.8 Å². The van der Waals surface area contributed by atoms with Crippen molar-refractivity contribution in [3.63, 3.8) is 0 Å². The van der Waals surface area contributed by atoms with Crippen LogP contribution >= 0.6 is 11.3 Å². The molecule has 0 spiro atoms. The normalized spacial score (nSPS) is 12.9. The molecule has 0 aliphatic carbocycles. The van der Waals surface area contributed by atoms with Crippen LogP contribution < -0.4 is 5.56 Å². The number of fused-ring (bicyclic) bond motifs is 2. The first-order chi connectivity index (χ1) is 15.1. The smallest absolute Gasteiger partial charge is 0.348 e. The fourth-order valence-corrected chi connectivity index (χ4v) is 4.78. The summed E-state index contributed by atoms with van der Waals surface area (Å²) in [4.78, 5) is 39.3. The van der Waals surface area contributed by atoms with Crippen LogP contribution in [0.2, 0.25) is 0 Å². The molecule has 5 heterocycles. The van der Waals surface area contributed by atoms with Gasteiger partial charge in [0.25, 0.3) is 5.56 Å². The Kier molecular flexibility index (Phi) is 5.06. The van der Waals surface area contributed by atoms with E-state index in [1.54, 1.807) is 30.0 Å². The maximum Gasteiger partial charge on any atom is 0.348 e. The summed E-state index contributed by atoms with van der Waals surface area (Å²) in [5.41, 5.74) is 1.36. The number of hydrogen-bond donors (Lipinski definition) is 0. The van der Waals surface area contributed by atoms with E-state index in [4.69, 9.17) is 9.26 Å². The lowest BCUT2D eigenvalue weighted by molar-refractivity contribution is 0.0503. The molecule has 10 heteroatoms. The van der Waals surface area contributed by atoms with E-state index in [1.165, 1.54) is 11.3 Å². The summed E-state index contributed by atoms with van der Waals surface area (Å²) in [7, 11) is 0. The number of rotatable bonds is 6. The van der Waals surface area contributed by atoms with Gasteiger partial charge in [0.15, 0.2) is 0 Å². The van der Waals surface area contributed by atoms with E-state index >= 15 is 0 Å². The minimum Gasteiger partial charge on any atom is -0.461 e. The maximum atomic E-state index is 12.7. The molecule has 0 fully saturated rings. The van der Waals surface area contributed by atoms with Crippen LogP contribution in [0.25, 0.3) is 21.6 Å². The Morgan fingerprint density at radius 1 is 1.35 bits per heavy atom. The Morgan fingerprint density at radius 3 is 3.10 bits per heavy atom. The second-order valence-electron chi connectivity index (χ2n) is 7.32. The van der Waals surface area contributed by atoms with Crippen molar-refractivity contribution >= 4 is 27.5 Å². The van der Waals surface area contributed by atoms with Crippen molar-refractivity contribution in [3.8, 4) is 11.4 Å². The molecule has 4 aromatic heterocycles. The second-order valence-corrected chi connectivity index (χ2v) is 8.32. The van der Waals surface area contributed by atoms with E-state index in [-0.39, 0.29) is 12.2 Å². The van der Waals surface area contributed by atoms with Gasteiger partial charge >= 0.3 is 5.97 Å². The van der Waals surface area contributed by atoms with Crippen molar-refractivity contribution in [2.45, 2.75) is 39.2 Å². The van der Waals surface area contributed by atoms with E-state index in [0.717, 1.165) is 24.2 Å². The van der Waals surface area contributed by atoms with Gasteiger partial charge in [0.05, 0.1) is 12.0 Å². The van der Waals surface area contributed by atoms with Crippen molar-refractivity contribution in [2.75, 3.05) is 6.61 Å². The van der Waals surface area contributed by atoms with Crippen LogP contribution in [-0.4, -0.2) is 37.3 Å². The van der Waals surface area contributed by atoms with Crippen LogP contribution in [0.1, 0.15) is 39.8 Å². The Bertz CT molecular complexity index is 1330. The summed E-state index contributed by atoms with van der Waals surface area (Å²) in [5, 5.41) is 4.47. The molecule has 4 aromatic rings. The number of thiophene rings is 1. The van der Waals surface area contributed by atoms with Crippen LogP contribution in [0.4, 0.5) is 0 Å². The minimum absolute atomic E-state index is 0.0638. The van der Waals surface area contributed by atoms with Gasteiger partial charge in [-0.2, -0.15) is 4.98 Å². The molecule has 0 saturated carbocycles. The average molecular weight is 437 g/mol. The third kappa shape index (κ3) is 3.63. The predicted molar refractivity (Wildman–Crippen MR) is 113 cm³/mol. The molecular formula is C21H19N5O4S. The van der Waals surface area contributed by atoms with Crippen LogP contribution in [0, 0.1) is 6.92 Å². The first-order valence-electron chi connectivity index (χ1n) is 10.0. The molecule has 158 valence electrons. The number of pyridine rings is 1. The summed E-state index contributed by atoms with van der Waals surface area (Å²) >= 11 is 1.22. The number of carbonyl (C=O) groups is 1. The molecule has 31 heavy (non-hydrogen) atoms. The molecule has 1 aliphatic rings. The van der Waals surface area contributed by atoms with Gasteiger partial charge in [0.2, 0.25) is 11.7 Å². The van der Waals surface area contributed by atoms with E-state index in [1.807, 2.05) is 6.07 Å². The van der Waals surface area contributed by atoms with Gasteiger partial charge in [-0.3, -0.25) is 14.3 Å². The van der Waals surface area contributed by atoms with Crippen molar-refractivity contribution in [3.05, 3.63) is 57.0 Å². The number of carbonyl (C=O) groups excluding carboxylic acids is 1. The van der Waals surface area contributed by atoms with E-state index in [9.17, 15) is 9.59 Å². The molecular weight excluding hydrogens is 418 g/mol. The zero-order valence-electron chi connectivity index (χ0n) is 16.8. The third-order valence-electron chi connectivity index (χ3n) is 5.25. The van der Waals surface area contributed by atoms with Crippen LogP contribution in [0.3, 0.4) is 0 Å². The summed E-state index contributed by atoms with van der Waals surface area (Å²) in [5.74, 6) is 1.31. The fourth-order valence-electron chi connectivity index (χ4n) is 3.69. The molecule has 0 saturated heterocycles. The van der Waals surface area contributed by atoms with Crippen molar-refractivity contribution in [1.82, 2.24) is 24.7 Å². The number of aromatic nitrogens is 5. The molecule has 0 unspecified atom stereocenters. The van der Waals surface area contributed by atoms with E-state index < -0.39 is 5.97 Å². The zero-order chi connectivity index (χ0) is 21.4. The van der Waals surface area contributed by atoms with Crippen LogP contribution in [0.15, 0.2) is 33.8 Å². The van der Waals surface area contributed by atoms with Crippen molar-refractivity contribution < 1.29 is 14.1 Å². The first kappa shape index (κ1) is 19.6. The number of esters is 1. The summed E-state index contributed by atoms with van der Waals surface area (Å²) in [6, 6.07) is 3.66. The molecule has 0 atom stereocenters. The maximum absolute atomic E-state index is 12.7. The van der Waals surface area contributed by atoms with Gasteiger partial charge in [-0.25, -0.2) is 9.78 Å². The highest BCUT2D eigenvalue weighted by Crippen LogP contribution is 2.29. The first-order valence-corrected chi connectivity index (χ1v) is 10.9. The highest BCUT2D eigenvalue weighted by Gasteiger charge is 2.24. The molecule has 0 radical (unpaired) electrons. The number of ether oxygens (including phenoxy) is 1. The summed E-state index contributed by atoms with van der Waals surface area (Å²) in [6.45, 7) is 2.67. The van der Waals surface area contributed by atoms with Gasteiger partial charge in [0.1, 0.15) is 15.5 Å². The topological polar surface area (TPSA) is 113 Å². The highest BCUT2D eigenvalue weighted by atomic mass is 32.1. The Labute approximate surface area is 180 Å². The van der Waals surface area contributed by atoms with Crippen molar-refractivity contribution in [2.24, 2.45) is 0 Å². The van der Waals surface area contributed by atoms with Gasteiger partial charge < -0.3 is 9.26 Å². The standard InChI is InChI=1S/C21H19N5O4S/c1-12-16-19(23-14-6-3-9-26(14)20(16)27)31-17(12)21(28)29-10-4-7-15-24-18(25-30-15)13-5-2-8-22-11-13/h2,5,8,11H,3-4,6-7,9-10H2,1H3. The lowest BCUT2D eigenvalue weighted by Crippen LogP contribution is -2.20. The van der Waals surface area contributed by atoms with Gasteiger partial charge in [-0.15, -0.1) is 11.3 Å². The second kappa shape index (κ2) is 8.03. The average Bonchev–Trinajstić information content (AvgIpc) is 3.51. The lowest BCUT2D eigenvalue weighted by Gasteiger charge is -2.03. The van der Waals surface area contributed by atoms with Gasteiger partial charge in [-0.1, -0.05) is 5.16 Å². The fraction of sp³-hybridized carbons (Fsp3) is 0.333. The van der Waals surface area contributed by atoms with Crippen LogP contribution in [0.5, 0.6) is 0 Å². The lowest BCUT2D eigenvalue weighted by atomic mass is 10.2. The Balaban J connectivity index is 1.22. The summed E-state index contributed by atoms with van der Waals surface area (Å²) in [6.07, 6.45) is 6.09. The molecule has 0 aromatic carbocycles. The minimum atomic E-state index is -0.438. The Hall–Kier alpha value is -3.40. The quantitative estimate of drug-likeness (QED) is 0.334. The molecule has 0 bridgehead atoms. The summed E-state index contributed by atoms with van der Waals surface area (Å²) < 4.78 is 12.4. The number of nitrogens with zero attached hydrogens (tertiary/aromatic N) is 5. The largest absolute Gasteiger partial charge is 0.461 e. The van der Waals surface area contributed by atoms with Crippen molar-refractivity contribution in [1.29, 1.82) is 0 Å². The monoisotopic (exact) mass is 437 g/mol. The Morgan fingerprint density at radius 2 is 2.26 bits per heavy atom. The third-order valence-corrected chi connectivity index (χ3v) is 6.42. The number of hydrogen-bond acceptors (Lipinski definition) is 9. The zero-order valence-corrected chi connectivity index (χ0v) is 17.6. The molecule has 9 nitrogen and oxygen atoms in total. The SMILES string of the molecule is Cc1c(C(=O)OCCCc2nc(-c3cccnc3)no2)sc2nc3n(c(=O)c12)CCC3.